The van der Waals surface area contributed by atoms with Crippen molar-refractivity contribution >= 4 is 6.85 Å². The van der Waals surface area contributed by atoms with E-state index in [2.05, 4.69) is 42.4 Å². The average Bonchev–Trinajstić information content (AvgIpc) is 2.36. The first-order valence-corrected chi connectivity index (χ1v) is 3.65. The molecule has 10 heavy (non-hydrogen) atoms. The molecule has 2 aliphatic heterocycles. The third-order valence-corrected chi connectivity index (χ3v) is 2.16. The quantitative estimate of drug-likeness (QED) is 0.450. The van der Waals surface area contributed by atoms with E-state index >= 15 is 0 Å². The summed E-state index contributed by atoms with van der Waals surface area (Å²) in [5.41, 5.74) is 1.45. The van der Waals surface area contributed by atoms with Gasteiger partial charge in [-0.1, -0.05) is 23.7 Å². The second-order valence-electron chi connectivity index (χ2n) is 2.83. The number of nitrogens with zero attached hydrogens (tertiary/aromatic N) is 1. The van der Waals surface area contributed by atoms with E-state index in [4.69, 9.17) is 0 Å². The van der Waals surface area contributed by atoms with Crippen molar-refractivity contribution in [3.8, 4) is 0 Å². The summed E-state index contributed by atoms with van der Waals surface area (Å²) in [7, 11) is 2.13. The third kappa shape index (κ3) is 0.720. The van der Waals surface area contributed by atoms with Gasteiger partial charge in [-0.15, -0.1) is 0 Å². The minimum atomic E-state index is 0.630. The molecule has 0 N–H and O–H groups in total. The Hall–Kier alpha value is -0.915. The minimum absolute atomic E-state index is 0.630. The second-order valence-corrected chi connectivity index (χ2v) is 2.83. The first kappa shape index (κ1) is 5.84. The lowest BCUT2D eigenvalue weighted by Gasteiger charge is -2.23. The van der Waals surface area contributed by atoms with E-state index in [0.29, 0.717) is 6.85 Å². The molecule has 0 saturated carbocycles. The maximum absolute atomic E-state index is 2.26. The fourth-order valence-electron chi connectivity index (χ4n) is 1.54. The van der Waals surface area contributed by atoms with Crippen LogP contribution in [0, 0.1) is 0 Å². The topological polar surface area (TPSA) is 3.24 Å². The first-order chi connectivity index (χ1) is 4.88. The fourth-order valence-corrected chi connectivity index (χ4v) is 1.54. The number of allylic oxidation sites excluding steroid dienone is 5. The van der Waals surface area contributed by atoms with Crippen LogP contribution in [-0.4, -0.2) is 18.7 Å². The minimum Gasteiger partial charge on any atom is -0.419 e. The molecule has 0 fully saturated rings. The van der Waals surface area contributed by atoms with Gasteiger partial charge < -0.3 is 4.81 Å². The molecule has 2 heterocycles. The van der Waals surface area contributed by atoms with E-state index in [9.17, 15) is 0 Å². The molecule has 0 aliphatic carbocycles. The zero-order valence-corrected chi connectivity index (χ0v) is 6.12. The van der Waals surface area contributed by atoms with Crippen LogP contribution in [0.3, 0.4) is 0 Å². The Morgan fingerprint density at radius 1 is 1.60 bits per heavy atom. The van der Waals surface area contributed by atoms with E-state index in [1.165, 1.54) is 11.8 Å². The van der Waals surface area contributed by atoms with Crippen LogP contribution >= 0.6 is 0 Å². The van der Waals surface area contributed by atoms with Gasteiger partial charge in [0.15, 0.2) is 0 Å². The van der Waals surface area contributed by atoms with Crippen LogP contribution in [0.2, 0.25) is 6.32 Å². The van der Waals surface area contributed by atoms with Crippen molar-refractivity contribution in [2.45, 2.75) is 6.32 Å². The standard InChI is InChI=1S/C8H10BN/c1-10-7-3-5-8-4-2-6-9(8)10/h2-5,7H,6H2,1H3. The molecule has 0 spiro atoms. The van der Waals surface area contributed by atoms with Gasteiger partial charge in [0.25, 0.3) is 6.85 Å². The van der Waals surface area contributed by atoms with Crippen LogP contribution in [0.1, 0.15) is 0 Å². The Balaban J connectivity index is 2.31. The summed E-state index contributed by atoms with van der Waals surface area (Å²) in [5.74, 6) is 0. The van der Waals surface area contributed by atoms with Crippen LogP contribution in [-0.2, 0) is 0 Å². The third-order valence-electron chi connectivity index (χ3n) is 2.16. The molecule has 0 amide bonds. The molecule has 0 saturated heterocycles. The molecule has 50 valence electrons. The van der Waals surface area contributed by atoms with Crippen LogP contribution in [0.4, 0.5) is 0 Å². The van der Waals surface area contributed by atoms with Gasteiger partial charge in [0.2, 0.25) is 0 Å². The lowest BCUT2D eigenvalue weighted by molar-refractivity contribution is 0.710. The highest BCUT2D eigenvalue weighted by Gasteiger charge is 2.25. The molecule has 2 heteroatoms. The number of fused-ring (bicyclic) bond motifs is 1. The summed E-state index contributed by atoms with van der Waals surface area (Å²) >= 11 is 0. The SMILES string of the molecule is CN1C=CC=C2C=CCB21. The number of rotatable bonds is 0. The molecule has 0 radical (unpaired) electrons. The Labute approximate surface area is 61.8 Å². The summed E-state index contributed by atoms with van der Waals surface area (Å²) in [4.78, 5) is 2.26. The second kappa shape index (κ2) is 2.05. The maximum Gasteiger partial charge on any atom is 0.292 e. The van der Waals surface area contributed by atoms with E-state index in [-0.39, 0.29) is 0 Å². The normalized spacial score (nSPS) is 21.5. The largest absolute Gasteiger partial charge is 0.419 e. The maximum atomic E-state index is 2.26. The van der Waals surface area contributed by atoms with Crippen molar-refractivity contribution in [2.75, 3.05) is 7.05 Å². The van der Waals surface area contributed by atoms with Crippen molar-refractivity contribution in [3.05, 3.63) is 36.0 Å². The first-order valence-electron chi connectivity index (χ1n) is 3.65. The number of hydrogen-bond donors (Lipinski definition) is 0. The summed E-state index contributed by atoms with van der Waals surface area (Å²) in [6.45, 7) is 0.630. The van der Waals surface area contributed by atoms with Gasteiger partial charge in [-0.3, -0.25) is 0 Å². The van der Waals surface area contributed by atoms with Gasteiger partial charge in [-0.2, -0.15) is 0 Å². The van der Waals surface area contributed by atoms with Gasteiger partial charge in [0.1, 0.15) is 0 Å². The molecule has 0 bridgehead atoms. The Morgan fingerprint density at radius 3 is 3.30 bits per heavy atom. The van der Waals surface area contributed by atoms with E-state index < -0.39 is 0 Å². The molecular formula is C8H10BN. The summed E-state index contributed by atoms with van der Waals surface area (Å²) in [6, 6.07) is 0. The highest BCUT2D eigenvalue weighted by molar-refractivity contribution is 6.67. The molecule has 2 rings (SSSR count). The van der Waals surface area contributed by atoms with Gasteiger partial charge >= 0.3 is 0 Å². The van der Waals surface area contributed by atoms with Gasteiger partial charge in [-0.05, 0) is 25.6 Å². The molecular weight excluding hydrogens is 121 g/mol. The van der Waals surface area contributed by atoms with Crippen molar-refractivity contribution < 1.29 is 0 Å². The predicted molar refractivity (Wildman–Crippen MR) is 44.7 cm³/mol. The molecule has 2 aliphatic rings. The summed E-state index contributed by atoms with van der Waals surface area (Å²) in [6.07, 6.45) is 12.0. The van der Waals surface area contributed by atoms with Gasteiger partial charge in [0, 0.05) is 0 Å². The average molecular weight is 131 g/mol. The van der Waals surface area contributed by atoms with Crippen molar-refractivity contribution in [1.29, 1.82) is 0 Å². The zero-order valence-electron chi connectivity index (χ0n) is 6.12. The Morgan fingerprint density at radius 2 is 2.50 bits per heavy atom. The highest BCUT2D eigenvalue weighted by atomic mass is 15.0. The highest BCUT2D eigenvalue weighted by Crippen LogP contribution is 2.21. The van der Waals surface area contributed by atoms with E-state index in [1.54, 1.807) is 0 Å². The smallest absolute Gasteiger partial charge is 0.292 e. The summed E-state index contributed by atoms with van der Waals surface area (Å²) < 4.78 is 0. The lowest BCUT2D eigenvalue weighted by atomic mass is 9.54. The van der Waals surface area contributed by atoms with Gasteiger partial charge in [-0.25, -0.2) is 0 Å². The fraction of sp³-hybridized carbons (Fsp3) is 0.250. The molecule has 1 nitrogen and oxygen atoms in total. The Kier molecular flexibility index (Phi) is 1.19. The van der Waals surface area contributed by atoms with Crippen LogP contribution in [0.15, 0.2) is 36.0 Å². The van der Waals surface area contributed by atoms with Crippen LogP contribution in [0.25, 0.3) is 0 Å². The van der Waals surface area contributed by atoms with E-state index in [1.807, 2.05) is 0 Å². The van der Waals surface area contributed by atoms with E-state index in [0.717, 1.165) is 0 Å². The lowest BCUT2D eigenvalue weighted by Crippen LogP contribution is -2.32. The monoisotopic (exact) mass is 131 g/mol. The molecule has 0 unspecified atom stereocenters. The van der Waals surface area contributed by atoms with Crippen LogP contribution in [0.5, 0.6) is 0 Å². The van der Waals surface area contributed by atoms with Gasteiger partial charge in [0.05, 0.1) is 0 Å². The Bertz CT molecular complexity index is 227. The molecule has 0 aromatic heterocycles. The molecule has 0 aromatic carbocycles. The molecule has 0 aromatic rings. The van der Waals surface area contributed by atoms with Crippen molar-refractivity contribution in [1.82, 2.24) is 4.81 Å². The van der Waals surface area contributed by atoms with Crippen LogP contribution < -0.4 is 0 Å². The van der Waals surface area contributed by atoms with Crippen molar-refractivity contribution in [2.24, 2.45) is 0 Å². The predicted octanol–water partition coefficient (Wildman–Crippen LogP) is 1.47. The summed E-state index contributed by atoms with van der Waals surface area (Å²) in [5, 5.41) is 0. The number of hydrogen-bond acceptors (Lipinski definition) is 1. The van der Waals surface area contributed by atoms with Crippen molar-refractivity contribution in [3.63, 3.8) is 0 Å². The zero-order chi connectivity index (χ0) is 6.97. The molecule has 0 atom stereocenters.